The van der Waals surface area contributed by atoms with Crippen molar-refractivity contribution in [2.45, 2.75) is 13.8 Å². The second-order valence-electron chi connectivity index (χ2n) is 5.49. The first-order valence-corrected chi connectivity index (χ1v) is 7.67. The Balaban J connectivity index is 1.96. The topological polar surface area (TPSA) is 100 Å². The summed E-state index contributed by atoms with van der Waals surface area (Å²) in [5.74, 6) is -1.22. The number of aromatic nitrogens is 3. The van der Waals surface area contributed by atoms with Crippen LogP contribution in [0.2, 0.25) is 0 Å². The second kappa shape index (κ2) is 6.96. The number of hydrogen-bond donors (Lipinski definition) is 3. The van der Waals surface area contributed by atoms with E-state index < -0.39 is 5.97 Å². The van der Waals surface area contributed by atoms with Crippen molar-refractivity contribution in [3.8, 4) is 0 Å². The number of nitrogens with one attached hydrogen (secondary N) is 2. The normalized spacial score (nSPS) is 10.3. The van der Waals surface area contributed by atoms with Crippen LogP contribution in [0.3, 0.4) is 0 Å². The van der Waals surface area contributed by atoms with Crippen LogP contribution in [0, 0.1) is 13.8 Å². The van der Waals surface area contributed by atoms with Gasteiger partial charge in [-0.15, -0.1) is 0 Å². The fourth-order valence-corrected chi connectivity index (χ4v) is 2.25. The summed E-state index contributed by atoms with van der Waals surface area (Å²) in [4.78, 5) is 23.5. The maximum absolute atomic E-state index is 11.3. The van der Waals surface area contributed by atoms with Crippen LogP contribution in [0.5, 0.6) is 0 Å². The number of aryl methyl sites for hydroxylation is 2. The predicted molar refractivity (Wildman–Crippen MR) is 95.7 cm³/mol. The number of benzene rings is 2. The Kier molecular flexibility index (Phi) is 4.56. The first-order valence-electron chi connectivity index (χ1n) is 7.67. The number of carboxylic acids is 1. The Labute approximate surface area is 144 Å². The third-order valence-corrected chi connectivity index (χ3v) is 3.61. The molecular weight excluding hydrogens is 318 g/mol. The van der Waals surface area contributed by atoms with Gasteiger partial charge in [-0.1, -0.05) is 36.4 Å². The molecule has 3 rings (SSSR count). The van der Waals surface area contributed by atoms with E-state index in [1.54, 1.807) is 0 Å². The summed E-state index contributed by atoms with van der Waals surface area (Å²) in [5, 5.41) is 15.4. The third kappa shape index (κ3) is 3.89. The third-order valence-electron chi connectivity index (χ3n) is 3.61. The molecule has 0 aliphatic heterocycles. The van der Waals surface area contributed by atoms with Gasteiger partial charge >= 0.3 is 5.97 Å². The average Bonchev–Trinajstić information content (AvgIpc) is 2.59. The van der Waals surface area contributed by atoms with Gasteiger partial charge in [0, 0.05) is 11.4 Å². The van der Waals surface area contributed by atoms with Gasteiger partial charge in [-0.3, -0.25) is 0 Å². The van der Waals surface area contributed by atoms with Gasteiger partial charge in [-0.25, -0.2) is 4.79 Å². The molecule has 0 aliphatic carbocycles. The molecule has 126 valence electrons. The van der Waals surface area contributed by atoms with Crippen LogP contribution in [0.4, 0.5) is 23.3 Å². The van der Waals surface area contributed by atoms with Gasteiger partial charge in [0.2, 0.25) is 17.7 Å². The summed E-state index contributed by atoms with van der Waals surface area (Å²) in [7, 11) is 0. The minimum absolute atomic E-state index is 0.165. The Hall–Kier alpha value is -3.48. The predicted octanol–water partition coefficient (Wildman–Crippen LogP) is 3.67. The minimum Gasteiger partial charge on any atom is -0.475 e. The van der Waals surface area contributed by atoms with Gasteiger partial charge in [-0.05, 0) is 37.1 Å². The zero-order valence-electron chi connectivity index (χ0n) is 13.8. The van der Waals surface area contributed by atoms with E-state index in [0.717, 1.165) is 22.5 Å². The Bertz CT molecular complexity index is 861. The first kappa shape index (κ1) is 16.4. The van der Waals surface area contributed by atoms with E-state index in [1.807, 2.05) is 62.4 Å². The average molecular weight is 335 g/mol. The molecule has 3 N–H and O–H groups in total. The van der Waals surface area contributed by atoms with Gasteiger partial charge in [0.15, 0.2) is 0 Å². The lowest BCUT2D eigenvalue weighted by atomic mass is 10.2. The summed E-state index contributed by atoms with van der Waals surface area (Å²) in [5.41, 5.74) is 3.58. The van der Waals surface area contributed by atoms with Gasteiger partial charge in [0.25, 0.3) is 0 Å². The molecule has 0 radical (unpaired) electrons. The molecule has 1 heterocycles. The number of anilines is 4. The van der Waals surface area contributed by atoms with Crippen LogP contribution in [0.15, 0.2) is 48.5 Å². The van der Waals surface area contributed by atoms with E-state index in [0.29, 0.717) is 0 Å². The van der Waals surface area contributed by atoms with Crippen LogP contribution in [-0.2, 0) is 0 Å². The number of para-hydroxylation sites is 2. The highest BCUT2D eigenvalue weighted by Crippen LogP contribution is 2.21. The maximum Gasteiger partial charge on any atom is 0.374 e. The van der Waals surface area contributed by atoms with E-state index in [2.05, 4.69) is 25.6 Å². The van der Waals surface area contributed by atoms with Gasteiger partial charge in [0.1, 0.15) is 0 Å². The monoisotopic (exact) mass is 335 g/mol. The van der Waals surface area contributed by atoms with Crippen molar-refractivity contribution in [3.63, 3.8) is 0 Å². The van der Waals surface area contributed by atoms with E-state index in [9.17, 15) is 9.90 Å². The van der Waals surface area contributed by atoms with Crippen molar-refractivity contribution in [2.24, 2.45) is 0 Å². The summed E-state index contributed by atoms with van der Waals surface area (Å²) >= 11 is 0. The molecule has 3 aromatic rings. The summed E-state index contributed by atoms with van der Waals surface area (Å²) in [6.45, 7) is 3.88. The molecule has 0 saturated heterocycles. The molecule has 0 bridgehead atoms. The van der Waals surface area contributed by atoms with Crippen LogP contribution < -0.4 is 10.6 Å². The molecule has 0 spiro atoms. The molecule has 0 unspecified atom stereocenters. The highest BCUT2D eigenvalue weighted by molar-refractivity contribution is 5.84. The molecule has 7 nitrogen and oxygen atoms in total. The van der Waals surface area contributed by atoms with Gasteiger partial charge in [0.05, 0.1) is 0 Å². The Morgan fingerprint density at radius 1 is 0.800 bits per heavy atom. The number of hydrogen-bond acceptors (Lipinski definition) is 6. The Morgan fingerprint density at radius 3 is 1.64 bits per heavy atom. The van der Waals surface area contributed by atoms with Crippen LogP contribution in [0.1, 0.15) is 21.7 Å². The first-order chi connectivity index (χ1) is 12.0. The van der Waals surface area contributed by atoms with Crippen molar-refractivity contribution in [3.05, 3.63) is 65.5 Å². The van der Waals surface area contributed by atoms with E-state index >= 15 is 0 Å². The largest absolute Gasteiger partial charge is 0.475 e. The van der Waals surface area contributed by atoms with Crippen LogP contribution in [-0.4, -0.2) is 26.0 Å². The molecule has 0 fully saturated rings. The van der Waals surface area contributed by atoms with Crippen LogP contribution in [0.25, 0.3) is 0 Å². The minimum atomic E-state index is -1.22. The van der Waals surface area contributed by atoms with Gasteiger partial charge in [-0.2, -0.15) is 15.0 Å². The van der Waals surface area contributed by atoms with Crippen molar-refractivity contribution in [1.29, 1.82) is 0 Å². The van der Waals surface area contributed by atoms with Crippen molar-refractivity contribution < 1.29 is 9.90 Å². The number of aromatic carboxylic acids is 1. The summed E-state index contributed by atoms with van der Waals surface area (Å²) < 4.78 is 0. The molecule has 0 saturated carbocycles. The lowest BCUT2D eigenvalue weighted by Gasteiger charge is -2.11. The number of carboxylic acid groups (broad SMARTS) is 1. The van der Waals surface area contributed by atoms with E-state index in [1.165, 1.54) is 0 Å². The Morgan fingerprint density at radius 2 is 1.24 bits per heavy atom. The number of nitrogens with zero attached hydrogens (tertiary/aromatic N) is 3. The molecular formula is C18H17N5O2. The summed E-state index contributed by atoms with van der Waals surface area (Å²) in [6.07, 6.45) is 0. The highest BCUT2D eigenvalue weighted by Gasteiger charge is 2.13. The van der Waals surface area contributed by atoms with Crippen molar-refractivity contribution >= 4 is 29.2 Å². The number of carbonyl (C=O) groups is 1. The molecule has 2 aromatic carbocycles. The summed E-state index contributed by atoms with van der Waals surface area (Å²) in [6, 6.07) is 15.2. The zero-order valence-corrected chi connectivity index (χ0v) is 13.8. The maximum atomic E-state index is 11.3. The number of rotatable bonds is 5. The van der Waals surface area contributed by atoms with Crippen molar-refractivity contribution in [1.82, 2.24) is 15.0 Å². The molecule has 7 heteroatoms. The van der Waals surface area contributed by atoms with Crippen LogP contribution >= 0.6 is 0 Å². The lowest BCUT2D eigenvalue weighted by Crippen LogP contribution is -2.11. The van der Waals surface area contributed by atoms with Gasteiger partial charge < -0.3 is 15.7 Å². The molecule has 0 aliphatic rings. The zero-order chi connectivity index (χ0) is 17.8. The molecule has 25 heavy (non-hydrogen) atoms. The van der Waals surface area contributed by atoms with E-state index in [4.69, 9.17) is 0 Å². The molecule has 0 amide bonds. The molecule has 0 atom stereocenters. The smallest absolute Gasteiger partial charge is 0.374 e. The lowest BCUT2D eigenvalue weighted by molar-refractivity contribution is 0.0683. The molecule has 1 aromatic heterocycles. The standard InChI is InChI=1S/C18H17N5O2/c1-11-7-3-5-9-13(11)19-17-21-15(16(24)25)22-18(23-17)20-14-10-6-4-8-12(14)2/h3-10H,1-2H3,(H,24,25)(H2,19,20,21,22,23). The SMILES string of the molecule is Cc1ccccc1Nc1nc(Nc2ccccc2C)nc(C(=O)O)n1. The second-order valence-corrected chi connectivity index (χ2v) is 5.49. The highest BCUT2D eigenvalue weighted by atomic mass is 16.4. The van der Waals surface area contributed by atoms with E-state index in [-0.39, 0.29) is 17.7 Å². The fraction of sp³-hybridized carbons (Fsp3) is 0.111. The fourth-order valence-electron chi connectivity index (χ4n) is 2.25. The quantitative estimate of drug-likeness (QED) is 0.654. The van der Waals surface area contributed by atoms with Crippen molar-refractivity contribution in [2.75, 3.05) is 10.6 Å².